The van der Waals surface area contributed by atoms with Gasteiger partial charge in [-0.1, -0.05) is 13.8 Å². The Morgan fingerprint density at radius 1 is 1.15 bits per heavy atom. The third-order valence-electron chi connectivity index (χ3n) is 8.69. The van der Waals surface area contributed by atoms with E-state index in [-0.39, 0.29) is 54.4 Å². The lowest BCUT2D eigenvalue weighted by Crippen LogP contribution is -2.37. The molecule has 4 N–H and O–H groups in total. The van der Waals surface area contributed by atoms with Crippen LogP contribution in [0.4, 0.5) is 10.1 Å². The van der Waals surface area contributed by atoms with Gasteiger partial charge in [0.05, 0.1) is 46.5 Å². The largest absolute Gasteiger partial charge is 0.461 e. The fraction of sp³-hybridized carbons (Fsp3) is 0.586. The number of hydrogen-bond donors (Lipinski definition) is 3. The second kappa shape index (κ2) is 10.4. The van der Waals surface area contributed by atoms with E-state index in [2.05, 4.69) is 10.6 Å². The summed E-state index contributed by atoms with van der Waals surface area (Å²) in [4.78, 5) is 25.0. The number of carbonyl (C=O) groups excluding carboxylic acids is 2. The Kier molecular flexibility index (Phi) is 7.14. The average molecular weight is 589 g/mol. The van der Waals surface area contributed by atoms with Gasteiger partial charge in [-0.3, -0.25) is 9.59 Å². The molecule has 4 heterocycles. The van der Waals surface area contributed by atoms with Crippen molar-refractivity contribution in [3.8, 4) is 5.69 Å². The number of sulfone groups is 1. The molecule has 4 aliphatic rings. The van der Waals surface area contributed by atoms with E-state index < -0.39 is 27.0 Å². The molecule has 6 rings (SSSR count). The maximum Gasteiger partial charge on any atom is 0.323 e. The van der Waals surface area contributed by atoms with Crippen LogP contribution >= 0.6 is 0 Å². The van der Waals surface area contributed by atoms with E-state index in [1.54, 1.807) is 10.6 Å². The summed E-state index contributed by atoms with van der Waals surface area (Å²) >= 11 is 0. The Bertz CT molecular complexity index is 1500. The maximum absolute atomic E-state index is 15.6. The minimum absolute atomic E-state index is 0.0282. The molecule has 10 nitrogen and oxygen atoms in total. The number of benzene rings is 1. The molecule has 1 atom stereocenters. The number of rotatable bonds is 6. The van der Waals surface area contributed by atoms with Gasteiger partial charge in [0, 0.05) is 17.3 Å². The first-order valence-corrected chi connectivity index (χ1v) is 16.0. The lowest BCUT2D eigenvalue weighted by molar-refractivity contribution is -0.152. The molecule has 3 aliphatic heterocycles. The van der Waals surface area contributed by atoms with E-state index in [0.29, 0.717) is 59.6 Å². The standard InChI is InChI=1S/C29H37FN4O6S/c1-29(2)12-23-26(41(37,38)15-29)19-13-39-14-24(19)34(23)17-10-20(30)25(27(31)35)22(11-17)33-16-5-7-18(8-6-16)40-28(36)21-4-3-9-32-21/h10-11,16,18,21,32-33H,3-9,12-15H2,1-2H3,(H2,31,35)/t16-,18-,21-/m0/s1. The number of halogens is 1. The molecule has 1 aromatic heterocycles. The third-order valence-corrected chi connectivity index (χ3v) is 11.0. The molecule has 0 bridgehead atoms. The molecule has 1 aliphatic carbocycles. The Morgan fingerprint density at radius 3 is 2.59 bits per heavy atom. The number of esters is 1. The molecule has 1 saturated carbocycles. The van der Waals surface area contributed by atoms with Crippen molar-refractivity contribution in [2.24, 2.45) is 11.1 Å². The first-order valence-electron chi connectivity index (χ1n) is 14.3. The summed E-state index contributed by atoms with van der Waals surface area (Å²) < 4.78 is 55.4. The summed E-state index contributed by atoms with van der Waals surface area (Å²) in [6, 6.07) is 2.59. The molecular formula is C29H37FN4O6S. The van der Waals surface area contributed by atoms with Crippen molar-refractivity contribution in [3.63, 3.8) is 0 Å². The molecule has 0 spiro atoms. The summed E-state index contributed by atoms with van der Waals surface area (Å²) in [5.41, 5.74) is 7.48. The van der Waals surface area contributed by atoms with Crippen LogP contribution in [0.15, 0.2) is 17.0 Å². The van der Waals surface area contributed by atoms with E-state index in [9.17, 15) is 18.0 Å². The predicted molar refractivity (Wildman–Crippen MR) is 149 cm³/mol. The van der Waals surface area contributed by atoms with E-state index in [0.717, 1.165) is 19.4 Å². The minimum Gasteiger partial charge on any atom is -0.461 e. The Labute approximate surface area is 239 Å². The second-order valence-corrected chi connectivity index (χ2v) is 14.5. The Morgan fingerprint density at radius 2 is 1.90 bits per heavy atom. The van der Waals surface area contributed by atoms with Crippen molar-refractivity contribution in [2.45, 2.75) is 95.1 Å². The highest BCUT2D eigenvalue weighted by molar-refractivity contribution is 7.91. The smallest absolute Gasteiger partial charge is 0.323 e. The number of ether oxygens (including phenoxy) is 2. The van der Waals surface area contributed by atoms with E-state index in [1.165, 1.54) is 6.07 Å². The number of nitrogens with one attached hydrogen (secondary N) is 2. The molecule has 1 aromatic carbocycles. The third kappa shape index (κ3) is 5.25. The highest BCUT2D eigenvalue weighted by Crippen LogP contribution is 2.44. The fourth-order valence-corrected chi connectivity index (χ4v) is 9.30. The van der Waals surface area contributed by atoms with Gasteiger partial charge in [0.25, 0.3) is 5.91 Å². The number of amides is 1. The van der Waals surface area contributed by atoms with Crippen LogP contribution in [0.25, 0.3) is 5.69 Å². The molecular weight excluding hydrogens is 551 g/mol. The number of aromatic nitrogens is 1. The van der Waals surface area contributed by atoms with Crippen molar-refractivity contribution in [1.29, 1.82) is 0 Å². The van der Waals surface area contributed by atoms with Gasteiger partial charge >= 0.3 is 5.97 Å². The maximum atomic E-state index is 15.6. The van der Waals surface area contributed by atoms with Crippen LogP contribution in [0, 0.1) is 11.2 Å². The summed E-state index contributed by atoms with van der Waals surface area (Å²) in [6.45, 7) is 5.03. The van der Waals surface area contributed by atoms with Crippen LogP contribution in [-0.2, 0) is 43.7 Å². The zero-order valence-corrected chi connectivity index (χ0v) is 24.2. The van der Waals surface area contributed by atoms with E-state index in [1.807, 2.05) is 13.8 Å². The molecule has 1 saturated heterocycles. The molecule has 12 heteroatoms. The van der Waals surface area contributed by atoms with Crippen LogP contribution in [0.1, 0.15) is 79.7 Å². The quantitative estimate of drug-likeness (QED) is 0.437. The zero-order valence-electron chi connectivity index (χ0n) is 23.4. The predicted octanol–water partition coefficient (Wildman–Crippen LogP) is 3.12. The summed E-state index contributed by atoms with van der Waals surface area (Å²) in [5, 5.41) is 6.49. The van der Waals surface area contributed by atoms with E-state index >= 15 is 4.39 Å². The molecule has 222 valence electrons. The zero-order chi connectivity index (χ0) is 29.1. The van der Waals surface area contributed by atoms with Gasteiger partial charge in [-0.05, 0) is 69.0 Å². The average Bonchev–Trinajstić information content (AvgIpc) is 3.61. The topological polar surface area (TPSA) is 142 Å². The van der Waals surface area contributed by atoms with Gasteiger partial charge in [0.15, 0.2) is 9.84 Å². The van der Waals surface area contributed by atoms with Gasteiger partial charge in [-0.15, -0.1) is 0 Å². The van der Waals surface area contributed by atoms with Crippen LogP contribution in [0.2, 0.25) is 0 Å². The van der Waals surface area contributed by atoms with Crippen LogP contribution < -0.4 is 16.4 Å². The lowest BCUT2D eigenvalue weighted by atomic mass is 9.89. The molecule has 2 fully saturated rings. The number of hydrogen-bond acceptors (Lipinski definition) is 8. The van der Waals surface area contributed by atoms with Crippen molar-refractivity contribution >= 4 is 27.4 Å². The second-order valence-electron chi connectivity index (χ2n) is 12.5. The molecule has 0 radical (unpaired) electrons. The number of nitrogens with two attached hydrogens (primary N) is 1. The van der Waals surface area contributed by atoms with E-state index in [4.69, 9.17) is 15.2 Å². The SMILES string of the molecule is CC1(C)Cc2c(c3c(n2-c2cc(F)c(C(N)=O)c(N[C@H]4CC[C@H](OC(=O)[C@@H]5CCCN5)CC4)c2)COC3)S(=O)(=O)C1. The monoisotopic (exact) mass is 588 g/mol. The number of nitrogens with zero attached hydrogens (tertiary/aromatic N) is 1. The Balaban J connectivity index is 1.29. The number of primary amides is 1. The van der Waals surface area contributed by atoms with Gasteiger partial charge < -0.3 is 30.4 Å². The van der Waals surface area contributed by atoms with Gasteiger partial charge in [-0.25, -0.2) is 12.8 Å². The summed E-state index contributed by atoms with van der Waals surface area (Å²) in [7, 11) is -3.57. The normalized spacial score (nSPS) is 26.3. The van der Waals surface area contributed by atoms with Crippen molar-refractivity contribution < 1.29 is 31.9 Å². The highest BCUT2D eigenvalue weighted by Gasteiger charge is 2.43. The lowest BCUT2D eigenvalue weighted by Gasteiger charge is -2.32. The van der Waals surface area contributed by atoms with Crippen LogP contribution in [0.5, 0.6) is 0 Å². The Hall–Kier alpha value is -2.96. The summed E-state index contributed by atoms with van der Waals surface area (Å²) in [5.74, 6) is -1.85. The van der Waals surface area contributed by atoms with Crippen molar-refractivity contribution in [3.05, 3.63) is 40.5 Å². The number of anilines is 1. The number of carbonyl (C=O) groups is 2. The summed E-state index contributed by atoms with van der Waals surface area (Å²) in [6.07, 6.45) is 4.68. The molecule has 1 amide bonds. The van der Waals surface area contributed by atoms with Gasteiger partial charge in [-0.2, -0.15) is 0 Å². The first-order chi connectivity index (χ1) is 19.4. The highest BCUT2D eigenvalue weighted by atomic mass is 32.2. The van der Waals surface area contributed by atoms with Crippen LogP contribution in [0.3, 0.4) is 0 Å². The molecule has 0 unspecified atom stereocenters. The number of fused-ring (bicyclic) bond motifs is 3. The molecule has 41 heavy (non-hydrogen) atoms. The fourth-order valence-electron chi connectivity index (χ4n) is 6.95. The van der Waals surface area contributed by atoms with Crippen molar-refractivity contribution in [2.75, 3.05) is 17.6 Å². The first kappa shape index (κ1) is 28.2. The van der Waals surface area contributed by atoms with Gasteiger partial charge in [0.1, 0.15) is 18.0 Å². The van der Waals surface area contributed by atoms with Crippen molar-refractivity contribution in [1.82, 2.24) is 9.88 Å². The minimum atomic E-state index is -3.57. The molecule has 2 aromatic rings. The van der Waals surface area contributed by atoms with Crippen LogP contribution in [-0.4, -0.2) is 55.3 Å². The van der Waals surface area contributed by atoms with Gasteiger partial charge in [0.2, 0.25) is 0 Å².